The van der Waals surface area contributed by atoms with Crippen molar-refractivity contribution < 1.29 is 237 Å². The molecule has 0 bridgehead atoms. The first-order valence-electron chi connectivity index (χ1n) is 46.8. The van der Waals surface area contributed by atoms with Crippen molar-refractivity contribution in [3.05, 3.63) is 212 Å². The van der Waals surface area contributed by atoms with Crippen LogP contribution in [-0.4, -0.2) is 341 Å². The Hall–Kier alpha value is -14.1. The van der Waals surface area contributed by atoms with E-state index in [4.69, 9.17) is 85.3 Å². The summed E-state index contributed by atoms with van der Waals surface area (Å²) in [6.45, 7) is 4.08. The van der Waals surface area contributed by atoms with Crippen LogP contribution in [0.25, 0.3) is 0 Å². The summed E-state index contributed by atoms with van der Waals surface area (Å²) < 4.78 is 97.2. The van der Waals surface area contributed by atoms with Crippen molar-refractivity contribution in [2.45, 2.75) is 221 Å². The van der Waals surface area contributed by atoms with E-state index < -0.39 is 279 Å². The Kier molecular flexibility index (Phi) is 39.3. The van der Waals surface area contributed by atoms with Crippen LogP contribution in [0.5, 0.6) is 103 Å². The van der Waals surface area contributed by atoms with Gasteiger partial charge in [-0.05, 0) is 182 Å². The number of phenolic OH excluding ortho intramolecular Hbond substituents is 11. The Labute approximate surface area is 853 Å². The number of benzene rings is 9. The largest absolute Gasteiger partial charge is 0.504 e. The number of esters is 5. The lowest BCUT2D eigenvalue weighted by molar-refractivity contribution is -0.277. The zero-order chi connectivity index (χ0) is 109. The minimum absolute atomic E-state index is 0.101. The highest BCUT2D eigenvalue weighted by atomic mass is 16.8. The van der Waals surface area contributed by atoms with Crippen LogP contribution in [-0.2, 0) is 78.2 Å². The van der Waals surface area contributed by atoms with E-state index in [1.54, 1.807) is 37.3 Å². The van der Waals surface area contributed by atoms with Gasteiger partial charge in [-0.3, -0.25) is 0 Å². The summed E-state index contributed by atoms with van der Waals surface area (Å²) in [6, 6.07) is 31.6. The fourth-order valence-corrected chi connectivity index (χ4v) is 15.9. The lowest BCUT2D eigenvalue weighted by Gasteiger charge is -2.39. The molecule has 15 rings (SSSR count). The lowest BCUT2D eigenvalue weighted by atomic mass is 9.99. The van der Waals surface area contributed by atoms with Gasteiger partial charge in [0.15, 0.2) is 123 Å². The van der Waals surface area contributed by atoms with Crippen molar-refractivity contribution >= 4 is 29.8 Å². The smallest absolute Gasteiger partial charge is 0.338 e. The number of ether oxygens (including phenoxy) is 18. The van der Waals surface area contributed by atoms with E-state index in [0.717, 1.165) is 92.1 Å². The third-order valence-corrected chi connectivity index (χ3v) is 24.6. The van der Waals surface area contributed by atoms with Crippen LogP contribution in [0, 0.1) is 13.8 Å². The lowest BCUT2D eigenvalue weighted by Crippen LogP contribution is -2.60. The molecule has 6 saturated heterocycles. The average Bonchev–Trinajstić information content (AvgIpc) is 1.61. The summed E-state index contributed by atoms with van der Waals surface area (Å²) in [5.74, 6) is -12.0. The van der Waals surface area contributed by atoms with Crippen molar-refractivity contribution in [1.82, 2.24) is 0 Å². The molecule has 9 aromatic rings. The molecule has 6 aliphatic heterocycles. The summed E-state index contributed by atoms with van der Waals surface area (Å²) >= 11 is 0. The predicted octanol–water partition coefficient (Wildman–Crippen LogP) is 3.32. The normalized spacial score (nSPS) is 24.0. The molecule has 23 unspecified atom stereocenters. The fraction of sp³-hybridized carbons (Fsp3) is 0.422. The van der Waals surface area contributed by atoms with Gasteiger partial charge in [-0.1, -0.05) is 57.0 Å². The van der Waals surface area contributed by atoms with Gasteiger partial charge in [-0.15, -0.1) is 0 Å². The molecule has 0 amide bonds. The van der Waals surface area contributed by atoms with E-state index in [0.29, 0.717) is 39.3 Å². The van der Waals surface area contributed by atoms with Gasteiger partial charge in [0.2, 0.25) is 18.9 Å². The summed E-state index contributed by atoms with van der Waals surface area (Å²) in [7, 11) is 4.05. The monoisotopic (exact) mass is 2110 g/mol. The zero-order valence-electron chi connectivity index (χ0n) is 81.3. The Bertz CT molecular complexity index is 5900. The van der Waals surface area contributed by atoms with Gasteiger partial charge in [0.25, 0.3) is 0 Å². The van der Waals surface area contributed by atoms with Crippen molar-refractivity contribution in [1.29, 1.82) is 0 Å². The number of epoxide rings is 2. The van der Waals surface area contributed by atoms with Gasteiger partial charge in [0.05, 0.1) is 82.2 Å². The van der Waals surface area contributed by atoms with Gasteiger partial charge in [-0.25, -0.2) is 24.0 Å². The highest BCUT2D eigenvalue weighted by Gasteiger charge is 2.59. The Morgan fingerprint density at radius 2 is 0.780 bits per heavy atom. The molecule has 0 spiro atoms. The van der Waals surface area contributed by atoms with E-state index in [1.807, 2.05) is 24.3 Å². The van der Waals surface area contributed by atoms with Crippen LogP contribution in [0.1, 0.15) is 148 Å². The maximum Gasteiger partial charge on any atom is 0.338 e. The predicted molar refractivity (Wildman–Crippen MR) is 507 cm³/mol. The number of hydrogen-bond donors (Lipinski definition) is 25. The van der Waals surface area contributed by atoms with Crippen LogP contribution in [0.15, 0.2) is 140 Å². The van der Waals surface area contributed by atoms with Crippen molar-refractivity contribution in [2.75, 3.05) is 54.4 Å². The molecule has 48 heteroatoms. The van der Waals surface area contributed by atoms with Crippen LogP contribution < -0.4 is 33.2 Å². The maximum atomic E-state index is 12.9. The van der Waals surface area contributed by atoms with Crippen molar-refractivity contribution in [3.63, 3.8) is 0 Å². The Balaban J connectivity index is 0.000000178. The van der Waals surface area contributed by atoms with E-state index in [9.17, 15) is 152 Å². The molecule has 25 N–H and O–H groups in total. The Morgan fingerprint density at radius 1 is 0.380 bits per heavy atom. The molecule has 814 valence electrons. The van der Waals surface area contributed by atoms with Gasteiger partial charge >= 0.3 is 29.8 Å². The molecule has 6 fully saturated rings. The number of carbonyl (C=O) groups is 5. The second kappa shape index (κ2) is 51.4. The standard InChI is InChI=1S/C28H26O16.2C26H34O10.C22H24O12/c1-10-2-11(3-14(29)21(10)34)26(38)42-8-19-24(37)25(44-28(40)13-6-17(32)23(36)18(33)7-13)20(9-41-19)43-27(39)12-4-15(30)22(35)16(31)5-12;2*1-3-4-5-14-6-8-17(16(10-14)12-27)33-20(13-28)21(29)15-7-9-18(19(11-15)32-2)34-25-23(31)22(30)24-26(35-24)36-25;1-9-3-4-11(7-12(9)21(30)31-2)33-22-19(28)18(27)17(26)15(34-22)8-32-20(29)10-5-13(23)16(25)14(24)6-10/h2-7,19-20,24-25,29-37H,8-9H2,1H3;2*6-11,20-31H,3-5,12-13H2,1-2H3;3-7,15,17-19,22-28H,8H2,1-2H3. The summed E-state index contributed by atoms with van der Waals surface area (Å²) in [6.07, 6.45) is -22.6. The number of rotatable bonds is 37. The van der Waals surface area contributed by atoms with E-state index in [1.165, 1.54) is 70.7 Å². The molecule has 0 saturated carbocycles. The molecule has 0 radical (unpaired) electrons. The number of phenols is 11. The fourth-order valence-electron chi connectivity index (χ4n) is 15.9. The zero-order valence-corrected chi connectivity index (χ0v) is 81.3. The number of hydrogen-bond acceptors (Lipinski definition) is 48. The van der Waals surface area contributed by atoms with Crippen molar-refractivity contribution in [3.8, 4) is 103 Å². The topological polar surface area (TPSA) is 764 Å². The number of aliphatic hydroxyl groups excluding tert-OH is 14. The number of aliphatic hydroxyl groups is 14. The summed E-state index contributed by atoms with van der Waals surface area (Å²) in [4.78, 5) is 62.4. The Morgan fingerprint density at radius 3 is 1.19 bits per heavy atom. The molecule has 0 aliphatic carbocycles. The van der Waals surface area contributed by atoms with Gasteiger partial charge < -0.3 is 213 Å². The molecule has 150 heavy (non-hydrogen) atoms. The van der Waals surface area contributed by atoms with Crippen LogP contribution >= 0.6 is 0 Å². The highest BCUT2D eigenvalue weighted by Crippen LogP contribution is 2.46. The number of carbonyl (C=O) groups excluding carboxylic acids is 5. The van der Waals surface area contributed by atoms with Crippen LogP contribution in [0.2, 0.25) is 0 Å². The number of aryl methyl sites for hydroxylation is 4. The first-order valence-corrected chi connectivity index (χ1v) is 46.8. The molecular formula is C102H118O48. The van der Waals surface area contributed by atoms with Crippen molar-refractivity contribution in [2.24, 2.45) is 0 Å². The molecule has 9 aromatic carbocycles. The van der Waals surface area contributed by atoms with E-state index in [2.05, 4.69) is 13.8 Å². The molecule has 6 heterocycles. The van der Waals surface area contributed by atoms with Crippen LogP contribution in [0.4, 0.5) is 0 Å². The molecule has 0 aromatic heterocycles. The number of fused-ring (bicyclic) bond motifs is 2. The third-order valence-electron chi connectivity index (χ3n) is 24.6. The number of aromatic hydroxyl groups is 11. The molecule has 23 atom stereocenters. The minimum Gasteiger partial charge on any atom is -0.504 e. The maximum absolute atomic E-state index is 12.9. The second-order valence-electron chi connectivity index (χ2n) is 35.2. The summed E-state index contributed by atoms with van der Waals surface area (Å²) in [5.41, 5.74) is 3.68. The number of unbranched alkanes of at least 4 members (excludes halogenated alkanes) is 2. The number of methoxy groups -OCH3 is 3. The van der Waals surface area contributed by atoms with Gasteiger partial charge in [-0.2, -0.15) is 0 Å². The third kappa shape index (κ3) is 27.8. The SMILES string of the molecule is CCCCc1ccc(OC(CO)C(O)c2ccc(OC3OC4OC4C(O)C3O)c(OC)c2)c(CO)c1.CCCCc1ccc(OC(CO)C(O)c2ccc(OC3OC4OC4C(O)C3O)c(OC)c2)c(CO)c1.COC(=O)c1cc(OC2OC(COC(=O)c3cc(O)c(O)c(O)c3)C(O)C(O)C2O)ccc1C.Cc1cc(C(=O)OCC2OCC(OC(=O)c3cc(O)c(O)c(O)c3)C(OC(=O)c3cc(O)c(O)c(O)c3)C2O)cc(O)c1O. The minimum atomic E-state index is -1.85. The van der Waals surface area contributed by atoms with Gasteiger partial charge in [0, 0.05) is 11.1 Å². The van der Waals surface area contributed by atoms with Crippen LogP contribution in [0.3, 0.4) is 0 Å². The second-order valence-corrected chi connectivity index (χ2v) is 35.2. The highest BCUT2D eigenvalue weighted by molar-refractivity contribution is 5.94. The quantitative estimate of drug-likeness (QED) is 0.0115. The summed E-state index contributed by atoms with van der Waals surface area (Å²) in [5, 5.41) is 250. The van der Waals surface area contributed by atoms with Gasteiger partial charge in [0.1, 0.15) is 116 Å². The molecular weight excluding hydrogens is 1990 g/mol. The first-order chi connectivity index (χ1) is 71.5. The molecule has 6 aliphatic rings. The average molecular weight is 2110 g/mol. The molecule has 48 nitrogen and oxygen atoms in total. The first kappa shape index (κ1) is 115. The van der Waals surface area contributed by atoms with E-state index in [-0.39, 0.29) is 64.2 Å². The van der Waals surface area contributed by atoms with E-state index >= 15 is 0 Å².